The molecule has 0 radical (unpaired) electrons. The summed E-state index contributed by atoms with van der Waals surface area (Å²) < 4.78 is 0. The minimum Gasteiger partial charge on any atom is -0.297 e. The van der Waals surface area contributed by atoms with Gasteiger partial charge in [-0.1, -0.05) is 37.1 Å². The Morgan fingerprint density at radius 3 is 1.31 bits per heavy atom. The van der Waals surface area contributed by atoms with Gasteiger partial charge in [0.05, 0.1) is 22.3 Å². The van der Waals surface area contributed by atoms with Gasteiger partial charge in [0.15, 0.2) is 0 Å². The zero-order valence-corrected chi connectivity index (χ0v) is 17.8. The van der Waals surface area contributed by atoms with Gasteiger partial charge in [-0.3, -0.25) is 33.9 Å². The Balaban J connectivity index is 1.26. The fraction of sp³-hybridized carbons (Fsp3) is 0.360. The van der Waals surface area contributed by atoms with Gasteiger partial charge in [-0.05, 0) is 37.1 Å². The van der Waals surface area contributed by atoms with Gasteiger partial charge in [0.1, 0.15) is 0 Å². The second kappa shape index (κ2) is 8.31. The molecule has 2 aromatic carbocycles. The average molecular weight is 431 g/mol. The Bertz CT molecular complexity index is 956. The van der Waals surface area contributed by atoms with Crippen LogP contribution in [0.15, 0.2) is 48.5 Å². The van der Waals surface area contributed by atoms with Crippen molar-refractivity contribution in [3.8, 4) is 0 Å². The fourth-order valence-electron chi connectivity index (χ4n) is 5.09. The number of carbonyl (C=O) groups excluding carboxylic acids is 4. The molecule has 7 nitrogen and oxygen atoms in total. The second-order valence-corrected chi connectivity index (χ2v) is 8.59. The zero-order valence-electron chi connectivity index (χ0n) is 17.8. The highest BCUT2D eigenvalue weighted by atomic mass is 16.2. The predicted octanol–water partition coefficient (Wildman–Crippen LogP) is 2.82. The van der Waals surface area contributed by atoms with Crippen molar-refractivity contribution in [3.05, 3.63) is 70.8 Å². The molecule has 0 spiro atoms. The third kappa shape index (κ3) is 3.42. The van der Waals surface area contributed by atoms with Crippen LogP contribution < -0.4 is 0 Å². The van der Waals surface area contributed by atoms with E-state index < -0.39 is 0 Å². The molecule has 5 rings (SSSR count). The summed E-state index contributed by atoms with van der Waals surface area (Å²) in [5.74, 6) is -1.01. The van der Waals surface area contributed by atoms with E-state index in [9.17, 15) is 19.2 Å². The first kappa shape index (κ1) is 20.6. The number of amides is 4. The number of nitrogens with zero attached hydrogens (tertiary/aromatic N) is 3. The van der Waals surface area contributed by atoms with E-state index in [2.05, 4.69) is 4.90 Å². The highest BCUT2D eigenvalue weighted by Gasteiger charge is 2.37. The molecule has 0 atom stereocenters. The molecular weight excluding hydrogens is 406 g/mol. The van der Waals surface area contributed by atoms with Gasteiger partial charge < -0.3 is 0 Å². The predicted molar refractivity (Wildman–Crippen MR) is 117 cm³/mol. The largest absolute Gasteiger partial charge is 0.297 e. The van der Waals surface area contributed by atoms with Crippen LogP contribution in [0.4, 0.5) is 0 Å². The number of rotatable bonds is 7. The van der Waals surface area contributed by atoms with E-state index in [0.717, 1.165) is 25.7 Å². The van der Waals surface area contributed by atoms with Crippen molar-refractivity contribution in [1.82, 2.24) is 14.7 Å². The molecule has 0 aromatic heterocycles. The number of benzene rings is 2. The summed E-state index contributed by atoms with van der Waals surface area (Å²) in [5, 5.41) is 0. The van der Waals surface area contributed by atoms with Crippen molar-refractivity contribution in [2.75, 3.05) is 26.2 Å². The van der Waals surface area contributed by atoms with Gasteiger partial charge in [-0.2, -0.15) is 0 Å². The Hall–Kier alpha value is -3.32. The Morgan fingerprint density at radius 1 is 0.625 bits per heavy atom. The minimum absolute atomic E-state index is 0.252. The van der Waals surface area contributed by atoms with E-state index in [0.29, 0.717) is 54.5 Å². The molecule has 0 saturated heterocycles. The van der Waals surface area contributed by atoms with Crippen molar-refractivity contribution in [1.29, 1.82) is 0 Å². The van der Waals surface area contributed by atoms with Crippen molar-refractivity contribution in [3.63, 3.8) is 0 Å². The van der Waals surface area contributed by atoms with E-state index in [1.807, 2.05) is 0 Å². The summed E-state index contributed by atoms with van der Waals surface area (Å²) in [7, 11) is 0. The summed E-state index contributed by atoms with van der Waals surface area (Å²) >= 11 is 0. The van der Waals surface area contributed by atoms with Gasteiger partial charge in [0, 0.05) is 32.2 Å². The van der Waals surface area contributed by atoms with Crippen LogP contribution >= 0.6 is 0 Å². The minimum atomic E-state index is -0.252. The summed E-state index contributed by atoms with van der Waals surface area (Å²) in [6.07, 6.45) is 4.37. The van der Waals surface area contributed by atoms with Gasteiger partial charge >= 0.3 is 0 Å². The van der Waals surface area contributed by atoms with E-state index in [-0.39, 0.29) is 23.6 Å². The summed E-state index contributed by atoms with van der Waals surface area (Å²) in [6.45, 7) is 1.65. The molecule has 1 saturated carbocycles. The lowest BCUT2D eigenvalue weighted by atomic mass is 10.1. The molecule has 32 heavy (non-hydrogen) atoms. The van der Waals surface area contributed by atoms with E-state index >= 15 is 0 Å². The topological polar surface area (TPSA) is 78.0 Å². The van der Waals surface area contributed by atoms with Crippen LogP contribution in [0.3, 0.4) is 0 Å². The average Bonchev–Trinajstić information content (AvgIpc) is 3.49. The van der Waals surface area contributed by atoms with Crippen molar-refractivity contribution in [2.45, 2.75) is 31.7 Å². The molecule has 4 amide bonds. The number of fused-ring (bicyclic) bond motifs is 2. The molecule has 0 N–H and O–H groups in total. The first-order valence-electron chi connectivity index (χ1n) is 11.2. The maximum absolute atomic E-state index is 12.7. The maximum Gasteiger partial charge on any atom is 0.261 e. The molecule has 1 aliphatic carbocycles. The summed E-state index contributed by atoms with van der Waals surface area (Å²) in [5.41, 5.74) is 1.82. The first-order chi connectivity index (χ1) is 15.6. The standard InChI is InChI=1S/C25H25N3O4/c29-22-18-9-3-4-10-19(18)23(30)27(22)15-13-26(17-7-1-2-8-17)14-16-28-24(31)20-11-5-6-12-21(20)25(28)32/h3-6,9-12,17H,1-2,7-8,13-16H2. The zero-order chi connectivity index (χ0) is 22.2. The molecule has 2 heterocycles. The van der Waals surface area contributed by atoms with Crippen LogP contribution in [0.25, 0.3) is 0 Å². The molecular formula is C25H25N3O4. The molecule has 0 unspecified atom stereocenters. The Kier molecular flexibility index (Phi) is 5.35. The Morgan fingerprint density at radius 2 is 0.969 bits per heavy atom. The number of hydrogen-bond donors (Lipinski definition) is 0. The SMILES string of the molecule is O=C1c2ccccc2C(=O)N1CCN(CCN1C(=O)c2ccccc2C1=O)C1CCCC1. The molecule has 0 bridgehead atoms. The van der Waals surface area contributed by atoms with E-state index in [4.69, 9.17) is 0 Å². The highest BCUT2D eigenvalue weighted by molar-refractivity contribution is 6.22. The smallest absolute Gasteiger partial charge is 0.261 e. The molecule has 2 aromatic rings. The second-order valence-electron chi connectivity index (χ2n) is 8.59. The van der Waals surface area contributed by atoms with Crippen LogP contribution in [0.1, 0.15) is 67.1 Å². The lowest BCUT2D eigenvalue weighted by molar-refractivity contribution is 0.0598. The van der Waals surface area contributed by atoms with Crippen LogP contribution in [0.2, 0.25) is 0 Å². The maximum atomic E-state index is 12.7. The first-order valence-corrected chi connectivity index (χ1v) is 11.2. The quantitative estimate of drug-likeness (QED) is 0.630. The Labute approximate surface area is 186 Å². The summed E-state index contributed by atoms with van der Waals surface area (Å²) in [6, 6.07) is 14.1. The van der Waals surface area contributed by atoms with Crippen LogP contribution in [0.5, 0.6) is 0 Å². The highest BCUT2D eigenvalue weighted by Crippen LogP contribution is 2.27. The number of carbonyl (C=O) groups is 4. The molecule has 2 aliphatic heterocycles. The van der Waals surface area contributed by atoms with Crippen LogP contribution in [-0.4, -0.2) is 70.5 Å². The molecule has 7 heteroatoms. The van der Waals surface area contributed by atoms with Gasteiger partial charge in [0.25, 0.3) is 23.6 Å². The molecule has 164 valence electrons. The van der Waals surface area contributed by atoms with E-state index in [1.54, 1.807) is 48.5 Å². The molecule has 1 fully saturated rings. The third-order valence-electron chi connectivity index (χ3n) is 6.82. The normalized spacial score (nSPS) is 18.3. The fourth-order valence-corrected chi connectivity index (χ4v) is 5.09. The van der Waals surface area contributed by atoms with Gasteiger partial charge in [-0.15, -0.1) is 0 Å². The van der Waals surface area contributed by atoms with Gasteiger partial charge in [-0.25, -0.2) is 0 Å². The van der Waals surface area contributed by atoms with Crippen molar-refractivity contribution in [2.24, 2.45) is 0 Å². The van der Waals surface area contributed by atoms with Crippen LogP contribution in [0, 0.1) is 0 Å². The number of hydrogen-bond acceptors (Lipinski definition) is 5. The van der Waals surface area contributed by atoms with Gasteiger partial charge in [0.2, 0.25) is 0 Å². The lowest BCUT2D eigenvalue weighted by Gasteiger charge is -2.31. The van der Waals surface area contributed by atoms with Crippen molar-refractivity contribution < 1.29 is 19.2 Å². The van der Waals surface area contributed by atoms with Crippen LogP contribution in [-0.2, 0) is 0 Å². The molecule has 3 aliphatic rings. The van der Waals surface area contributed by atoms with E-state index in [1.165, 1.54) is 9.80 Å². The summed E-state index contributed by atoms with van der Waals surface area (Å²) in [4.78, 5) is 55.7. The number of imide groups is 2. The van der Waals surface area contributed by atoms with Crippen molar-refractivity contribution >= 4 is 23.6 Å². The third-order valence-corrected chi connectivity index (χ3v) is 6.82. The lowest BCUT2D eigenvalue weighted by Crippen LogP contribution is -2.46. The monoisotopic (exact) mass is 431 g/mol.